The number of carbonyl (C=O) groups is 1. The first kappa shape index (κ1) is 14.5. The van der Waals surface area contributed by atoms with Crippen LogP contribution < -0.4 is 4.74 Å². The van der Waals surface area contributed by atoms with Crippen molar-refractivity contribution < 1.29 is 14.6 Å². The molecule has 104 valence electrons. The predicted molar refractivity (Wildman–Crippen MR) is 80.8 cm³/mol. The Kier molecular flexibility index (Phi) is 5.07. The first-order valence-electron chi connectivity index (χ1n) is 6.32. The van der Waals surface area contributed by atoms with Crippen molar-refractivity contribution in [3.63, 3.8) is 0 Å². The van der Waals surface area contributed by atoms with Gasteiger partial charge in [0.1, 0.15) is 11.3 Å². The zero-order valence-corrected chi connectivity index (χ0v) is 12.0. The van der Waals surface area contributed by atoms with Gasteiger partial charge >= 0.3 is 5.97 Å². The first-order valence-corrected chi connectivity index (χ1v) is 7.30. The number of aryl methyl sites for hydroxylation is 1. The van der Waals surface area contributed by atoms with Gasteiger partial charge in [-0.25, -0.2) is 4.79 Å². The van der Waals surface area contributed by atoms with Crippen molar-refractivity contribution in [2.45, 2.75) is 11.8 Å². The van der Waals surface area contributed by atoms with Crippen LogP contribution in [0.15, 0.2) is 53.4 Å². The zero-order valence-electron chi connectivity index (χ0n) is 11.2. The van der Waals surface area contributed by atoms with Crippen LogP contribution in [-0.2, 0) is 0 Å². The molecule has 0 saturated carbocycles. The number of hydrogen-bond donors (Lipinski definition) is 1. The van der Waals surface area contributed by atoms with Crippen molar-refractivity contribution in [1.29, 1.82) is 0 Å². The summed E-state index contributed by atoms with van der Waals surface area (Å²) < 4.78 is 5.65. The number of ether oxygens (including phenoxy) is 1. The fourth-order valence-corrected chi connectivity index (χ4v) is 2.58. The van der Waals surface area contributed by atoms with Crippen LogP contribution in [-0.4, -0.2) is 23.4 Å². The molecule has 1 N–H and O–H groups in total. The fourth-order valence-electron chi connectivity index (χ4n) is 1.83. The number of para-hydroxylation sites is 1. The van der Waals surface area contributed by atoms with Crippen LogP contribution in [0.3, 0.4) is 0 Å². The maximum Gasteiger partial charge on any atom is 0.339 e. The van der Waals surface area contributed by atoms with E-state index >= 15 is 0 Å². The lowest BCUT2D eigenvalue weighted by Gasteiger charge is -2.11. The fraction of sp³-hybridized carbons (Fsp3) is 0.188. The Labute approximate surface area is 122 Å². The molecule has 0 atom stereocenters. The summed E-state index contributed by atoms with van der Waals surface area (Å²) in [7, 11) is 0. The van der Waals surface area contributed by atoms with E-state index in [1.165, 1.54) is 4.90 Å². The van der Waals surface area contributed by atoms with Gasteiger partial charge in [-0.2, -0.15) is 0 Å². The molecule has 2 aromatic rings. The van der Waals surface area contributed by atoms with Gasteiger partial charge < -0.3 is 9.84 Å². The normalized spacial score (nSPS) is 10.2. The summed E-state index contributed by atoms with van der Waals surface area (Å²) in [4.78, 5) is 12.3. The molecule has 0 spiro atoms. The number of carboxylic acids is 1. The molecule has 0 fully saturated rings. The summed E-state index contributed by atoms with van der Waals surface area (Å²) in [6, 6.07) is 15.2. The van der Waals surface area contributed by atoms with Crippen LogP contribution in [0.2, 0.25) is 0 Å². The van der Waals surface area contributed by atoms with Gasteiger partial charge in [0.25, 0.3) is 0 Å². The third-order valence-electron chi connectivity index (χ3n) is 2.78. The molecule has 20 heavy (non-hydrogen) atoms. The largest absolute Gasteiger partial charge is 0.492 e. The molecule has 4 heteroatoms. The molecule has 0 aliphatic heterocycles. The Bertz CT molecular complexity index is 582. The van der Waals surface area contributed by atoms with Gasteiger partial charge in [0.15, 0.2) is 0 Å². The van der Waals surface area contributed by atoms with E-state index in [-0.39, 0.29) is 5.56 Å². The van der Waals surface area contributed by atoms with Gasteiger partial charge in [-0.1, -0.05) is 30.3 Å². The van der Waals surface area contributed by atoms with Crippen LogP contribution in [0.4, 0.5) is 0 Å². The minimum absolute atomic E-state index is 0.217. The lowest BCUT2D eigenvalue weighted by molar-refractivity contribution is 0.0692. The maximum atomic E-state index is 11.1. The summed E-state index contributed by atoms with van der Waals surface area (Å²) in [5, 5.41) is 9.14. The summed E-state index contributed by atoms with van der Waals surface area (Å²) in [6.07, 6.45) is 0. The van der Waals surface area contributed by atoms with E-state index in [1.54, 1.807) is 23.9 Å². The van der Waals surface area contributed by atoms with Crippen LogP contribution in [0.25, 0.3) is 0 Å². The van der Waals surface area contributed by atoms with Gasteiger partial charge in [-0.3, -0.25) is 0 Å². The first-order chi connectivity index (χ1) is 9.68. The molecule has 0 aromatic heterocycles. The van der Waals surface area contributed by atoms with Crippen LogP contribution in [0.5, 0.6) is 5.75 Å². The topological polar surface area (TPSA) is 46.5 Å². The van der Waals surface area contributed by atoms with E-state index in [1.807, 2.05) is 43.3 Å². The highest BCUT2D eigenvalue weighted by atomic mass is 32.2. The Morgan fingerprint density at radius 3 is 2.60 bits per heavy atom. The Hall–Kier alpha value is -1.94. The molecule has 0 radical (unpaired) electrons. The minimum atomic E-state index is -0.959. The average Bonchev–Trinajstić information content (AvgIpc) is 2.45. The van der Waals surface area contributed by atoms with Crippen molar-refractivity contribution in [1.82, 2.24) is 0 Å². The number of thioether (sulfide) groups is 1. The Morgan fingerprint density at radius 1 is 1.15 bits per heavy atom. The summed E-state index contributed by atoms with van der Waals surface area (Å²) in [5.74, 6) is 0.283. The van der Waals surface area contributed by atoms with Crippen molar-refractivity contribution in [2.75, 3.05) is 12.4 Å². The number of carboxylic acid groups (broad SMARTS) is 1. The third-order valence-corrected chi connectivity index (χ3v) is 3.76. The lowest BCUT2D eigenvalue weighted by Crippen LogP contribution is -2.07. The molecule has 0 unspecified atom stereocenters. The highest BCUT2D eigenvalue weighted by molar-refractivity contribution is 7.99. The van der Waals surface area contributed by atoms with Crippen LogP contribution in [0.1, 0.15) is 15.9 Å². The van der Waals surface area contributed by atoms with E-state index in [4.69, 9.17) is 9.84 Å². The third kappa shape index (κ3) is 3.78. The van der Waals surface area contributed by atoms with E-state index in [0.29, 0.717) is 12.4 Å². The Morgan fingerprint density at radius 2 is 1.90 bits per heavy atom. The quantitative estimate of drug-likeness (QED) is 0.647. The summed E-state index contributed by atoms with van der Waals surface area (Å²) in [6.45, 7) is 2.33. The molecule has 0 saturated heterocycles. The molecule has 2 aromatic carbocycles. The molecule has 0 aliphatic carbocycles. The van der Waals surface area contributed by atoms with E-state index < -0.39 is 5.97 Å². The maximum absolute atomic E-state index is 11.1. The number of hydrogen-bond acceptors (Lipinski definition) is 3. The van der Waals surface area contributed by atoms with Crippen molar-refractivity contribution in [2.24, 2.45) is 0 Å². The second-order valence-corrected chi connectivity index (χ2v) is 5.44. The van der Waals surface area contributed by atoms with Gasteiger partial charge in [0.05, 0.1) is 6.61 Å². The van der Waals surface area contributed by atoms with E-state index in [2.05, 4.69) is 0 Å². The van der Waals surface area contributed by atoms with Crippen LogP contribution in [0, 0.1) is 6.92 Å². The molecule has 3 nitrogen and oxygen atoms in total. The number of rotatable bonds is 6. The molecule has 0 aliphatic rings. The second-order valence-electron chi connectivity index (χ2n) is 4.27. The van der Waals surface area contributed by atoms with Gasteiger partial charge in [0, 0.05) is 10.6 Å². The highest BCUT2D eigenvalue weighted by Gasteiger charge is 2.12. The summed E-state index contributed by atoms with van der Waals surface area (Å²) >= 11 is 1.69. The van der Waals surface area contributed by atoms with Crippen molar-refractivity contribution >= 4 is 17.7 Å². The monoisotopic (exact) mass is 288 g/mol. The predicted octanol–water partition coefficient (Wildman–Crippen LogP) is 3.86. The highest BCUT2D eigenvalue weighted by Crippen LogP contribution is 2.24. The smallest absolute Gasteiger partial charge is 0.339 e. The minimum Gasteiger partial charge on any atom is -0.492 e. The van der Waals surface area contributed by atoms with Crippen molar-refractivity contribution in [3.05, 3.63) is 59.7 Å². The van der Waals surface area contributed by atoms with Gasteiger partial charge in [-0.05, 0) is 30.7 Å². The molecular weight excluding hydrogens is 272 g/mol. The van der Waals surface area contributed by atoms with E-state index in [0.717, 1.165) is 11.3 Å². The second kappa shape index (κ2) is 7.01. The summed E-state index contributed by atoms with van der Waals surface area (Å²) in [5.41, 5.74) is 1.06. The van der Waals surface area contributed by atoms with Gasteiger partial charge in [0.2, 0.25) is 0 Å². The van der Waals surface area contributed by atoms with Gasteiger partial charge in [-0.15, -0.1) is 11.8 Å². The van der Waals surface area contributed by atoms with Crippen LogP contribution >= 0.6 is 11.8 Å². The molecular formula is C16H16O3S. The molecule has 2 rings (SSSR count). The lowest BCUT2D eigenvalue weighted by atomic mass is 10.1. The Balaban J connectivity index is 1.93. The average molecular weight is 288 g/mol. The molecule has 0 bridgehead atoms. The van der Waals surface area contributed by atoms with E-state index in [9.17, 15) is 4.79 Å². The zero-order chi connectivity index (χ0) is 14.4. The van der Waals surface area contributed by atoms with Crippen molar-refractivity contribution in [3.8, 4) is 5.75 Å². The number of aromatic carboxylic acids is 1. The SMILES string of the molecule is Cc1cccc(C(=O)O)c1OCCSc1ccccc1. The molecule has 0 amide bonds. The number of benzene rings is 2. The molecule has 0 heterocycles. The standard InChI is InChI=1S/C16H16O3S/c1-12-6-5-9-14(16(17)18)15(12)19-10-11-20-13-7-3-2-4-8-13/h2-9H,10-11H2,1H3,(H,17,18).